The van der Waals surface area contributed by atoms with Crippen LogP contribution < -0.4 is 10.1 Å². The fraction of sp³-hybridized carbons (Fsp3) is 0.167. The normalized spacial score (nSPS) is 10.0. The zero-order chi connectivity index (χ0) is 18.2. The lowest BCUT2D eigenvalue weighted by Gasteiger charge is -2.08. The van der Waals surface area contributed by atoms with Crippen LogP contribution in [0.25, 0.3) is 0 Å². The number of esters is 1. The molecular weight excluding hydrogens is 346 g/mol. The Kier molecular flexibility index (Phi) is 6.54. The van der Waals surface area contributed by atoms with Crippen molar-refractivity contribution in [2.24, 2.45) is 0 Å². The molecule has 7 heteroatoms. The maximum Gasteiger partial charge on any atom is 0.344 e. The standard InChI is InChI=1S/C18H16ClNO5/c1-12(21)13-3-2-4-16(9-13)24-11-18(23)25-10-17(22)20-15-7-5-14(19)6-8-15/h2-9H,10-11H2,1H3,(H,20,22). The maximum atomic E-state index is 11.7. The van der Waals surface area contributed by atoms with E-state index in [1.807, 2.05) is 0 Å². The number of carbonyl (C=O) groups excluding carboxylic acids is 3. The highest BCUT2D eigenvalue weighted by Gasteiger charge is 2.09. The molecule has 0 aliphatic rings. The van der Waals surface area contributed by atoms with Crippen molar-refractivity contribution in [3.63, 3.8) is 0 Å². The number of carbonyl (C=O) groups is 3. The van der Waals surface area contributed by atoms with Crippen molar-refractivity contribution in [3.8, 4) is 5.75 Å². The van der Waals surface area contributed by atoms with Crippen molar-refractivity contribution in [3.05, 3.63) is 59.1 Å². The van der Waals surface area contributed by atoms with Crippen LogP contribution in [0.3, 0.4) is 0 Å². The van der Waals surface area contributed by atoms with Gasteiger partial charge in [0.25, 0.3) is 5.91 Å². The number of nitrogens with one attached hydrogen (secondary N) is 1. The zero-order valence-electron chi connectivity index (χ0n) is 13.5. The molecule has 0 unspecified atom stereocenters. The maximum absolute atomic E-state index is 11.7. The van der Waals surface area contributed by atoms with Gasteiger partial charge in [0.05, 0.1) is 0 Å². The molecule has 0 saturated carbocycles. The van der Waals surface area contributed by atoms with Gasteiger partial charge in [0.15, 0.2) is 19.0 Å². The van der Waals surface area contributed by atoms with Crippen LogP contribution in [0.5, 0.6) is 5.75 Å². The summed E-state index contributed by atoms with van der Waals surface area (Å²) in [5.74, 6) is -0.907. The summed E-state index contributed by atoms with van der Waals surface area (Å²) in [7, 11) is 0. The molecule has 0 heterocycles. The van der Waals surface area contributed by atoms with Crippen molar-refractivity contribution in [2.45, 2.75) is 6.92 Å². The zero-order valence-corrected chi connectivity index (χ0v) is 14.2. The van der Waals surface area contributed by atoms with Crippen molar-refractivity contribution in [1.82, 2.24) is 0 Å². The first kappa shape index (κ1) is 18.5. The third-order valence-electron chi connectivity index (χ3n) is 3.09. The van der Waals surface area contributed by atoms with Crippen molar-refractivity contribution >= 4 is 34.9 Å². The van der Waals surface area contributed by atoms with Crippen LogP contribution in [-0.4, -0.2) is 30.9 Å². The SMILES string of the molecule is CC(=O)c1cccc(OCC(=O)OCC(=O)Nc2ccc(Cl)cc2)c1. The Morgan fingerprint density at radius 2 is 1.76 bits per heavy atom. The Balaban J connectivity index is 1.75. The first-order valence-electron chi connectivity index (χ1n) is 7.39. The van der Waals surface area contributed by atoms with E-state index in [9.17, 15) is 14.4 Å². The van der Waals surface area contributed by atoms with Crippen LogP contribution in [-0.2, 0) is 14.3 Å². The van der Waals surface area contributed by atoms with E-state index in [1.54, 1.807) is 42.5 Å². The third-order valence-corrected chi connectivity index (χ3v) is 3.34. The summed E-state index contributed by atoms with van der Waals surface area (Å²) < 4.78 is 10.1. The molecule has 0 aromatic heterocycles. The summed E-state index contributed by atoms with van der Waals surface area (Å²) in [6, 6.07) is 13.0. The molecular formula is C18H16ClNO5. The molecule has 25 heavy (non-hydrogen) atoms. The van der Waals surface area contributed by atoms with Crippen molar-refractivity contribution in [2.75, 3.05) is 18.5 Å². The van der Waals surface area contributed by atoms with Crippen LogP contribution >= 0.6 is 11.6 Å². The topological polar surface area (TPSA) is 81.7 Å². The molecule has 1 N–H and O–H groups in total. The number of hydrogen-bond donors (Lipinski definition) is 1. The summed E-state index contributed by atoms with van der Waals surface area (Å²) in [5, 5.41) is 3.12. The van der Waals surface area contributed by atoms with E-state index in [1.165, 1.54) is 13.0 Å². The minimum Gasteiger partial charge on any atom is -0.482 e. The number of Topliss-reactive ketones (excluding diaryl/α,β-unsaturated/α-hetero) is 1. The second-order valence-electron chi connectivity index (χ2n) is 5.09. The molecule has 0 radical (unpaired) electrons. The number of benzene rings is 2. The van der Waals surface area contributed by atoms with E-state index in [0.717, 1.165) is 0 Å². The molecule has 0 spiro atoms. The predicted octanol–water partition coefficient (Wildman–Crippen LogP) is 3.10. The Bertz CT molecular complexity index is 773. The van der Waals surface area contributed by atoms with Crippen LogP contribution in [0.4, 0.5) is 5.69 Å². The summed E-state index contributed by atoms with van der Waals surface area (Å²) >= 11 is 5.75. The van der Waals surface area contributed by atoms with Crippen LogP contribution in [0.1, 0.15) is 17.3 Å². The predicted molar refractivity (Wildman–Crippen MR) is 93.0 cm³/mol. The molecule has 0 atom stereocenters. The first-order valence-corrected chi connectivity index (χ1v) is 7.76. The van der Waals surface area contributed by atoms with Gasteiger partial charge < -0.3 is 14.8 Å². The lowest BCUT2D eigenvalue weighted by Crippen LogP contribution is -2.23. The summed E-state index contributed by atoms with van der Waals surface area (Å²) in [5.41, 5.74) is 1.02. The fourth-order valence-electron chi connectivity index (χ4n) is 1.87. The third kappa shape index (κ3) is 6.27. The Morgan fingerprint density at radius 3 is 2.44 bits per heavy atom. The van der Waals surface area contributed by atoms with E-state index in [2.05, 4.69) is 5.32 Å². The lowest BCUT2D eigenvalue weighted by molar-refractivity contribution is -0.149. The quantitative estimate of drug-likeness (QED) is 0.605. The van der Waals surface area contributed by atoms with Gasteiger partial charge in [-0.15, -0.1) is 0 Å². The number of amides is 1. The smallest absolute Gasteiger partial charge is 0.344 e. The number of hydrogen-bond acceptors (Lipinski definition) is 5. The van der Waals surface area contributed by atoms with Gasteiger partial charge in [0.2, 0.25) is 0 Å². The molecule has 0 saturated heterocycles. The molecule has 130 valence electrons. The number of anilines is 1. The van der Waals surface area contributed by atoms with Gasteiger partial charge in [-0.05, 0) is 43.3 Å². The van der Waals surface area contributed by atoms with Crippen molar-refractivity contribution < 1.29 is 23.9 Å². The highest BCUT2D eigenvalue weighted by Crippen LogP contribution is 2.14. The molecule has 1 amide bonds. The highest BCUT2D eigenvalue weighted by molar-refractivity contribution is 6.30. The van der Waals surface area contributed by atoms with Crippen LogP contribution in [0.15, 0.2) is 48.5 Å². The molecule has 0 fully saturated rings. The summed E-state index contributed by atoms with van der Waals surface area (Å²) in [6.45, 7) is 0.639. The van der Waals surface area contributed by atoms with Crippen LogP contribution in [0.2, 0.25) is 5.02 Å². The van der Waals surface area contributed by atoms with E-state index < -0.39 is 18.5 Å². The molecule has 2 rings (SSSR count). The molecule has 0 bridgehead atoms. The molecule has 2 aromatic rings. The Hall–Kier alpha value is -2.86. The van der Waals surface area contributed by atoms with Crippen molar-refractivity contribution in [1.29, 1.82) is 0 Å². The van der Waals surface area contributed by atoms with E-state index in [4.69, 9.17) is 21.1 Å². The number of halogens is 1. The second kappa shape index (κ2) is 8.84. The number of ketones is 1. The average molecular weight is 362 g/mol. The molecule has 0 aliphatic heterocycles. The number of ether oxygens (including phenoxy) is 2. The van der Waals surface area contributed by atoms with E-state index in [-0.39, 0.29) is 12.4 Å². The van der Waals surface area contributed by atoms with Gasteiger partial charge in [-0.2, -0.15) is 0 Å². The van der Waals surface area contributed by atoms with Gasteiger partial charge in [0, 0.05) is 16.3 Å². The highest BCUT2D eigenvalue weighted by atomic mass is 35.5. The molecule has 6 nitrogen and oxygen atoms in total. The van der Waals surface area contributed by atoms with Gasteiger partial charge in [0.1, 0.15) is 5.75 Å². The average Bonchev–Trinajstić information content (AvgIpc) is 2.60. The van der Waals surface area contributed by atoms with E-state index in [0.29, 0.717) is 22.0 Å². The van der Waals surface area contributed by atoms with Gasteiger partial charge in [-0.1, -0.05) is 23.7 Å². The monoisotopic (exact) mass is 361 g/mol. The summed E-state index contributed by atoms with van der Waals surface area (Å²) in [6.07, 6.45) is 0. The largest absolute Gasteiger partial charge is 0.482 e. The van der Waals surface area contributed by atoms with E-state index >= 15 is 0 Å². The Morgan fingerprint density at radius 1 is 1.04 bits per heavy atom. The van der Waals surface area contributed by atoms with Gasteiger partial charge in [-0.3, -0.25) is 9.59 Å². The van der Waals surface area contributed by atoms with Crippen LogP contribution in [0, 0.1) is 0 Å². The minimum absolute atomic E-state index is 0.105. The summed E-state index contributed by atoms with van der Waals surface area (Å²) in [4.78, 5) is 34.6. The minimum atomic E-state index is -0.695. The van der Waals surface area contributed by atoms with Gasteiger partial charge in [-0.25, -0.2) is 4.79 Å². The lowest BCUT2D eigenvalue weighted by atomic mass is 10.1. The molecule has 0 aliphatic carbocycles. The Labute approximate surface area is 149 Å². The van der Waals surface area contributed by atoms with Gasteiger partial charge >= 0.3 is 5.97 Å². The first-order chi connectivity index (χ1) is 11.9. The molecule has 2 aromatic carbocycles. The fourth-order valence-corrected chi connectivity index (χ4v) is 1.99. The second-order valence-corrected chi connectivity index (χ2v) is 5.52. The number of rotatable bonds is 7.